The zero-order chi connectivity index (χ0) is 15.8. The summed E-state index contributed by atoms with van der Waals surface area (Å²) in [6.07, 6.45) is -1.55. The summed E-state index contributed by atoms with van der Waals surface area (Å²) in [7, 11) is 0. The predicted molar refractivity (Wildman–Crippen MR) is 75.0 cm³/mol. The van der Waals surface area contributed by atoms with Gasteiger partial charge in [0.2, 0.25) is 5.95 Å². The average molecular weight is 296 g/mol. The molecule has 0 unspecified atom stereocenters. The van der Waals surface area contributed by atoms with Crippen molar-refractivity contribution in [2.24, 2.45) is 0 Å². The van der Waals surface area contributed by atoms with Crippen LogP contribution in [0, 0.1) is 0 Å². The Balaban J connectivity index is 2.15. The molecule has 1 aliphatic heterocycles. The quantitative estimate of drug-likeness (QED) is 0.872. The van der Waals surface area contributed by atoms with Crippen molar-refractivity contribution in [3.63, 3.8) is 0 Å². The van der Waals surface area contributed by atoms with Gasteiger partial charge in [-0.25, -0.2) is 14.6 Å². The topological polar surface area (TPSA) is 96.7 Å². The van der Waals surface area contributed by atoms with Crippen LogP contribution in [0.1, 0.15) is 39.1 Å². The summed E-state index contributed by atoms with van der Waals surface area (Å²) in [6.45, 7) is 8.59. The van der Waals surface area contributed by atoms with Gasteiger partial charge in [0, 0.05) is 6.54 Å². The van der Waals surface area contributed by atoms with E-state index in [1.165, 1.54) is 0 Å². The number of carbonyl (C=O) groups is 2. The van der Waals surface area contributed by atoms with Crippen molar-refractivity contribution in [3.8, 4) is 0 Å². The van der Waals surface area contributed by atoms with Crippen LogP contribution < -0.4 is 5.32 Å². The van der Waals surface area contributed by atoms with E-state index < -0.39 is 17.8 Å². The molecule has 2 heterocycles. The molecule has 0 spiro atoms. The molecule has 8 nitrogen and oxygen atoms in total. The second-order valence-corrected chi connectivity index (χ2v) is 5.84. The van der Waals surface area contributed by atoms with Crippen molar-refractivity contribution in [2.75, 3.05) is 5.32 Å². The number of nitrogens with zero attached hydrogens (tertiary/aromatic N) is 3. The Morgan fingerprint density at radius 3 is 2.57 bits per heavy atom. The zero-order valence-corrected chi connectivity index (χ0v) is 12.6. The smallest absolute Gasteiger partial charge is 0.411 e. The molecule has 0 bridgehead atoms. The van der Waals surface area contributed by atoms with Gasteiger partial charge in [0.1, 0.15) is 5.60 Å². The van der Waals surface area contributed by atoms with Crippen LogP contribution in [-0.4, -0.2) is 37.3 Å². The van der Waals surface area contributed by atoms with Crippen LogP contribution in [0.4, 0.5) is 15.5 Å². The number of fused-ring (bicyclic) bond motifs is 1. The van der Waals surface area contributed by atoms with Crippen LogP contribution in [-0.2, 0) is 24.4 Å². The largest absolute Gasteiger partial charge is 0.465 e. The second kappa shape index (κ2) is 5.27. The van der Waals surface area contributed by atoms with Gasteiger partial charge >= 0.3 is 12.2 Å². The minimum atomic E-state index is -1.16. The van der Waals surface area contributed by atoms with Crippen molar-refractivity contribution >= 4 is 18.1 Å². The Kier molecular flexibility index (Phi) is 3.80. The van der Waals surface area contributed by atoms with E-state index in [0.29, 0.717) is 31.3 Å². The Hall–Kier alpha value is -2.25. The summed E-state index contributed by atoms with van der Waals surface area (Å²) in [5.74, 6) is 0.291. The normalized spacial score (nSPS) is 14.0. The monoisotopic (exact) mass is 296 g/mol. The van der Waals surface area contributed by atoms with Gasteiger partial charge in [-0.15, -0.1) is 0 Å². The molecule has 0 saturated heterocycles. The number of carbonyl (C=O) groups excluding carboxylic acids is 1. The summed E-state index contributed by atoms with van der Waals surface area (Å²) in [6, 6.07) is 0. The first-order chi connectivity index (χ1) is 9.71. The number of aromatic nitrogens is 2. The maximum atomic E-state index is 12.0. The summed E-state index contributed by atoms with van der Waals surface area (Å²) < 4.78 is 7.09. The summed E-state index contributed by atoms with van der Waals surface area (Å²) in [4.78, 5) is 28.6. The van der Waals surface area contributed by atoms with Gasteiger partial charge in [-0.1, -0.05) is 0 Å². The van der Waals surface area contributed by atoms with Crippen LogP contribution in [0.5, 0.6) is 0 Å². The summed E-state index contributed by atoms with van der Waals surface area (Å²) in [5, 5.41) is 11.1. The van der Waals surface area contributed by atoms with Crippen LogP contribution in [0.25, 0.3) is 0 Å². The SMILES string of the molecule is CCn1c(NC(=O)O)nc2c1CN(C(=O)OC(C)(C)C)C2. The molecule has 0 aromatic carbocycles. The van der Waals surface area contributed by atoms with Crippen molar-refractivity contribution in [1.82, 2.24) is 14.5 Å². The average Bonchev–Trinajstić information content (AvgIpc) is 2.82. The lowest BCUT2D eigenvalue weighted by molar-refractivity contribution is 0.0237. The van der Waals surface area contributed by atoms with E-state index in [1.54, 1.807) is 9.47 Å². The minimum absolute atomic E-state index is 0.291. The number of rotatable bonds is 2. The molecule has 1 aromatic heterocycles. The fourth-order valence-electron chi connectivity index (χ4n) is 2.24. The number of ether oxygens (including phenoxy) is 1. The lowest BCUT2D eigenvalue weighted by Crippen LogP contribution is -2.34. The molecule has 1 aromatic rings. The van der Waals surface area contributed by atoms with Gasteiger partial charge < -0.3 is 14.4 Å². The third-order valence-corrected chi connectivity index (χ3v) is 3.02. The Morgan fingerprint density at radius 2 is 2.05 bits per heavy atom. The number of nitrogens with one attached hydrogen (secondary N) is 1. The number of amides is 2. The van der Waals surface area contributed by atoms with Crippen LogP contribution in [0.3, 0.4) is 0 Å². The molecule has 0 fully saturated rings. The standard InChI is InChI=1S/C13H20N4O4/c1-5-17-9-7-16(12(20)21-13(2,3)4)6-8(9)14-10(17)15-11(18)19/h5-7H2,1-4H3,(H,14,15)(H,18,19). The van der Waals surface area contributed by atoms with E-state index in [0.717, 1.165) is 5.69 Å². The minimum Gasteiger partial charge on any atom is -0.465 e. The molecule has 116 valence electrons. The van der Waals surface area contributed by atoms with Gasteiger partial charge in [-0.2, -0.15) is 0 Å². The van der Waals surface area contributed by atoms with Gasteiger partial charge in [0.15, 0.2) is 0 Å². The van der Waals surface area contributed by atoms with Gasteiger partial charge in [-0.05, 0) is 27.7 Å². The van der Waals surface area contributed by atoms with Gasteiger partial charge in [-0.3, -0.25) is 10.2 Å². The zero-order valence-electron chi connectivity index (χ0n) is 12.6. The second-order valence-electron chi connectivity index (χ2n) is 5.84. The highest BCUT2D eigenvalue weighted by molar-refractivity contribution is 5.80. The van der Waals surface area contributed by atoms with E-state index in [-0.39, 0.29) is 0 Å². The van der Waals surface area contributed by atoms with Gasteiger partial charge in [0.25, 0.3) is 0 Å². The Bertz CT molecular complexity index is 573. The van der Waals surface area contributed by atoms with E-state index in [2.05, 4.69) is 10.3 Å². The number of carboxylic acid groups (broad SMARTS) is 1. The summed E-state index contributed by atoms with van der Waals surface area (Å²) >= 11 is 0. The molecule has 0 atom stereocenters. The Morgan fingerprint density at radius 1 is 1.38 bits per heavy atom. The van der Waals surface area contributed by atoms with Crippen LogP contribution in [0.2, 0.25) is 0 Å². The number of anilines is 1. The highest BCUT2D eigenvalue weighted by Crippen LogP contribution is 2.27. The summed E-state index contributed by atoms with van der Waals surface area (Å²) in [5.41, 5.74) is 0.993. The lowest BCUT2D eigenvalue weighted by atomic mass is 10.2. The number of hydrogen-bond donors (Lipinski definition) is 2. The highest BCUT2D eigenvalue weighted by atomic mass is 16.6. The lowest BCUT2D eigenvalue weighted by Gasteiger charge is -2.24. The maximum absolute atomic E-state index is 12.0. The fraction of sp³-hybridized carbons (Fsp3) is 0.615. The first-order valence-electron chi connectivity index (χ1n) is 6.77. The molecule has 0 radical (unpaired) electrons. The van der Waals surface area contributed by atoms with Crippen molar-refractivity contribution in [1.29, 1.82) is 0 Å². The molecule has 0 aliphatic carbocycles. The van der Waals surface area contributed by atoms with Crippen LogP contribution in [0.15, 0.2) is 0 Å². The maximum Gasteiger partial charge on any atom is 0.411 e. The molecular weight excluding hydrogens is 276 g/mol. The molecule has 0 saturated carbocycles. The molecule has 2 rings (SSSR count). The third-order valence-electron chi connectivity index (χ3n) is 3.02. The Labute approximate surface area is 122 Å². The van der Waals surface area contributed by atoms with Crippen molar-refractivity contribution in [2.45, 2.75) is 52.9 Å². The van der Waals surface area contributed by atoms with E-state index in [4.69, 9.17) is 9.84 Å². The van der Waals surface area contributed by atoms with E-state index in [1.807, 2.05) is 27.7 Å². The molecule has 2 amide bonds. The van der Waals surface area contributed by atoms with Gasteiger partial charge in [0.05, 0.1) is 24.5 Å². The number of hydrogen-bond acceptors (Lipinski definition) is 4. The number of imidazole rings is 1. The molecule has 2 N–H and O–H groups in total. The van der Waals surface area contributed by atoms with E-state index >= 15 is 0 Å². The fourth-order valence-corrected chi connectivity index (χ4v) is 2.24. The van der Waals surface area contributed by atoms with Crippen molar-refractivity contribution in [3.05, 3.63) is 11.4 Å². The molecule has 8 heteroatoms. The van der Waals surface area contributed by atoms with Crippen LogP contribution >= 0.6 is 0 Å². The third kappa shape index (κ3) is 3.26. The first kappa shape index (κ1) is 15.1. The van der Waals surface area contributed by atoms with E-state index in [9.17, 15) is 9.59 Å². The molecular formula is C13H20N4O4. The van der Waals surface area contributed by atoms with Crippen molar-refractivity contribution < 1.29 is 19.4 Å². The highest BCUT2D eigenvalue weighted by Gasteiger charge is 2.32. The predicted octanol–water partition coefficient (Wildman–Crippen LogP) is 2.24. The first-order valence-corrected chi connectivity index (χ1v) is 6.77. The molecule has 21 heavy (non-hydrogen) atoms. The molecule has 1 aliphatic rings.